The first kappa shape index (κ1) is 19.0. The van der Waals surface area contributed by atoms with E-state index >= 15 is 0 Å². The summed E-state index contributed by atoms with van der Waals surface area (Å²) in [6, 6.07) is 17.9. The number of piperidine rings is 3. The van der Waals surface area contributed by atoms with Crippen LogP contribution >= 0.6 is 0 Å². The van der Waals surface area contributed by atoms with Gasteiger partial charge in [-0.2, -0.15) is 0 Å². The molecule has 0 aliphatic carbocycles. The molecule has 4 atom stereocenters. The van der Waals surface area contributed by atoms with Crippen molar-refractivity contribution in [1.82, 2.24) is 9.88 Å². The molecule has 3 aliphatic rings. The summed E-state index contributed by atoms with van der Waals surface area (Å²) in [5.74, 6) is 1.80. The van der Waals surface area contributed by atoms with Crippen molar-refractivity contribution in [3.05, 3.63) is 84.6 Å². The number of nitrogens with zero attached hydrogens (tertiary/aromatic N) is 2. The molecule has 0 N–H and O–H groups in total. The van der Waals surface area contributed by atoms with E-state index in [1.165, 1.54) is 0 Å². The van der Waals surface area contributed by atoms with E-state index in [9.17, 15) is 4.79 Å². The van der Waals surface area contributed by atoms with E-state index in [0.717, 1.165) is 48.1 Å². The molecule has 152 valence electrons. The van der Waals surface area contributed by atoms with Crippen molar-refractivity contribution < 1.29 is 9.53 Å². The molecule has 30 heavy (non-hydrogen) atoms. The second kappa shape index (κ2) is 7.37. The minimum atomic E-state index is -0.652. The molecule has 3 aromatic rings. The maximum absolute atomic E-state index is 14.4. The van der Waals surface area contributed by atoms with Crippen molar-refractivity contribution >= 4 is 16.7 Å². The van der Waals surface area contributed by atoms with Gasteiger partial charge in [-0.05, 0) is 61.1 Å². The minimum absolute atomic E-state index is 0.154. The molecular formula is C26H26N2O2. The highest BCUT2D eigenvalue weighted by atomic mass is 16.5. The summed E-state index contributed by atoms with van der Waals surface area (Å²) >= 11 is 0. The molecule has 3 fully saturated rings. The molecule has 0 radical (unpaired) electrons. The maximum atomic E-state index is 14.4. The topological polar surface area (TPSA) is 42.4 Å². The van der Waals surface area contributed by atoms with Gasteiger partial charge in [0.2, 0.25) is 0 Å². The molecule has 1 aromatic heterocycles. The highest BCUT2D eigenvalue weighted by Crippen LogP contribution is 2.50. The van der Waals surface area contributed by atoms with Crippen LogP contribution in [0.5, 0.6) is 5.75 Å². The summed E-state index contributed by atoms with van der Waals surface area (Å²) in [5.41, 5.74) is 1.95. The number of fused-ring (bicyclic) bond motifs is 4. The minimum Gasteiger partial charge on any atom is -0.497 e. The fourth-order valence-electron chi connectivity index (χ4n) is 5.46. The number of hydrogen-bond acceptors (Lipinski definition) is 4. The van der Waals surface area contributed by atoms with Crippen LogP contribution in [0.25, 0.3) is 10.9 Å². The van der Waals surface area contributed by atoms with Crippen LogP contribution in [0.3, 0.4) is 0 Å². The van der Waals surface area contributed by atoms with E-state index in [4.69, 9.17) is 4.74 Å². The Hall–Kier alpha value is -2.98. The van der Waals surface area contributed by atoms with Crippen molar-refractivity contribution in [3.8, 4) is 5.75 Å². The van der Waals surface area contributed by atoms with Crippen LogP contribution in [0.1, 0.15) is 28.8 Å². The quantitative estimate of drug-likeness (QED) is 0.455. The van der Waals surface area contributed by atoms with Crippen molar-refractivity contribution in [2.75, 3.05) is 20.2 Å². The van der Waals surface area contributed by atoms with Crippen molar-refractivity contribution in [2.24, 2.45) is 11.8 Å². The first-order valence-electron chi connectivity index (χ1n) is 10.6. The summed E-state index contributed by atoms with van der Waals surface area (Å²) < 4.78 is 5.43. The van der Waals surface area contributed by atoms with Crippen LogP contribution in [0.4, 0.5) is 0 Å². The van der Waals surface area contributed by atoms with Crippen LogP contribution in [-0.4, -0.2) is 35.9 Å². The third-order valence-electron chi connectivity index (χ3n) is 7.03. The number of pyridine rings is 1. The Bertz CT molecular complexity index is 1110. The number of aromatic nitrogens is 1. The molecule has 6 rings (SSSR count). The Labute approximate surface area is 177 Å². The molecule has 0 saturated carbocycles. The Morgan fingerprint density at radius 2 is 2.07 bits per heavy atom. The van der Waals surface area contributed by atoms with Gasteiger partial charge in [0, 0.05) is 23.7 Å². The number of hydrogen-bond donors (Lipinski definition) is 0. The van der Waals surface area contributed by atoms with Gasteiger partial charge < -0.3 is 4.74 Å². The normalized spacial score (nSPS) is 27.7. The first-order valence-corrected chi connectivity index (χ1v) is 10.6. The Morgan fingerprint density at radius 3 is 2.77 bits per heavy atom. The molecule has 2 aromatic carbocycles. The summed E-state index contributed by atoms with van der Waals surface area (Å²) in [6.45, 7) is 5.86. The van der Waals surface area contributed by atoms with Crippen molar-refractivity contribution in [3.63, 3.8) is 0 Å². The zero-order valence-electron chi connectivity index (χ0n) is 17.3. The predicted molar refractivity (Wildman–Crippen MR) is 119 cm³/mol. The zero-order valence-corrected chi connectivity index (χ0v) is 17.3. The van der Waals surface area contributed by atoms with Gasteiger partial charge in [0.1, 0.15) is 11.3 Å². The van der Waals surface area contributed by atoms with Crippen molar-refractivity contribution in [1.29, 1.82) is 0 Å². The Kier molecular flexibility index (Phi) is 4.67. The molecular weight excluding hydrogens is 372 g/mol. The summed E-state index contributed by atoms with van der Waals surface area (Å²) in [4.78, 5) is 21.3. The molecule has 4 nitrogen and oxygen atoms in total. The van der Waals surface area contributed by atoms with E-state index in [1.807, 2.05) is 42.5 Å². The second-order valence-electron chi connectivity index (χ2n) is 8.40. The SMILES string of the molecule is C=CC1CN2CCC1CC2(C(=O)c1ccnc2ccc(OC)cc12)c1ccccc1. The van der Waals surface area contributed by atoms with Gasteiger partial charge in [0.25, 0.3) is 0 Å². The average Bonchev–Trinajstić information content (AvgIpc) is 2.83. The highest BCUT2D eigenvalue weighted by molar-refractivity contribution is 6.12. The summed E-state index contributed by atoms with van der Waals surface area (Å²) in [7, 11) is 1.64. The van der Waals surface area contributed by atoms with Crippen LogP contribution in [-0.2, 0) is 5.54 Å². The molecule has 4 heteroatoms. The number of ketones is 1. The third-order valence-corrected chi connectivity index (χ3v) is 7.03. The van der Waals surface area contributed by atoms with E-state index in [1.54, 1.807) is 13.3 Å². The predicted octanol–water partition coefficient (Wildman–Crippen LogP) is 4.85. The lowest BCUT2D eigenvalue weighted by Crippen LogP contribution is -2.63. The smallest absolute Gasteiger partial charge is 0.188 e. The van der Waals surface area contributed by atoms with Crippen LogP contribution in [0.2, 0.25) is 0 Å². The standard InChI is InChI=1S/C26H26N2O2/c1-3-18-17-28-14-12-19(18)16-26(28,20-7-5-4-6-8-20)25(29)22-11-13-27-24-10-9-21(30-2)15-23(22)24/h3-11,13,15,18-19H,1,12,14,16-17H2,2H3. The number of ether oxygens (including phenoxy) is 1. The van der Waals surface area contributed by atoms with Crippen LogP contribution in [0.15, 0.2) is 73.4 Å². The highest BCUT2D eigenvalue weighted by Gasteiger charge is 2.54. The van der Waals surface area contributed by atoms with E-state index in [2.05, 4.69) is 34.7 Å². The van der Waals surface area contributed by atoms with Gasteiger partial charge in [0.05, 0.1) is 12.6 Å². The lowest BCUT2D eigenvalue weighted by Gasteiger charge is -2.56. The Balaban J connectivity index is 1.70. The molecule has 0 spiro atoms. The van der Waals surface area contributed by atoms with E-state index in [0.29, 0.717) is 17.4 Å². The molecule has 3 saturated heterocycles. The molecule has 4 unspecified atom stereocenters. The summed E-state index contributed by atoms with van der Waals surface area (Å²) in [5, 5.41) is 0.847. The Morgan fingerprint density at radius 1 is 1.23 bits per heavy atom. The monoisotopic (exact) mass is 398 g/mol. The molecule has 4 heterocycles. The number of carbonyl (C=O) groups excluding carboxylic acids is 1. The fourth-order valence-corrected chi connectivity index (χ4v) is 5.46. The lowest BCUT2D eigenvalue weighted by molar-refractivity contribution is -0.0387. The average molecular weight is 399 g/mol. The van der Waals surface area contributed by atoms with Gasteiger partial charge in [-0.1, -0.05) is 36.4 Å². The second-order valence-corrected chi connectivity index (χ2v) is 8.40. The zero-order chi connectivity index (χ0) is 20.7. The van der Waals surface area contributed by atoms with Crippen LogP contribution in [0, 0.1) is 11.8 Å². The van der Waals surface area contributed by atoms with Gasteiger partial charge >= 0.3 is 0 Å². The number of benzene rings is 2. The third kappa shape index (κ3) is 2.78. The largest absolute Gasteiger partial charge is 0.497 e. The fraction of sp³-hybridized carbons (Fsp3) is 0.308. The van der Waals surface area contributed by atoms with Gasteiger partial charge in [-0.15, -0.1) is 6.58 Å². The maximum Gasteiger partial charge on any atom is 0.188 e. The van der Waals surface area contributed by atoms with Crippen LogP contribution < -0.4 is 4.74 Å². The van der Waals surface area contributed by atoms with Crippen molar-refractivity contribution in [2.45, 2.75) is 18.4 Å². The van der Waals surface area contributed by atoms with Gasteiger partial charge in [-0.3, -0.25) is 14.7 Å². The summed E-state index contributed by atoms with van der Waals surface area (Å²) in [6.07, 6.45) is 5.75. The van der Waals surface area contributed by atoms with E-state index in [-0.39, 0.29) is 5.78 Å². The number of methoxy groups -OCH3 is 1. The molecule has 2 bridgehead atoms. The molecule has 3 aliphatic heterocycles. The number of rotatable bonds is 5. The number of Topliss-reactive ketones (excluding diaryl/α,β-unsaturated/α-hetero) is 1. The first-order chi connectivity index (χ1) is 14.7. The lowest BCUT2D eigenvalue weighted by atomic mass is 9.64. The van der Waals surface area contributed by atoms with E-state index < -0.39 is 5.54 Å². The van der Waals surface area contributed by atoms with Gasteiger partial charge in [-0.25, -0.2) is 0 Å². The van der Waals surface area contributed by atoms with Gasteiger partial charge in [0.15, 0.2) is 5.78 Å². The molecule has 0 amide bonds. The number of carbonyl (C=O) groups is 1.